The molecule has 0 atom stereocenters. The minimum atomic E-state index is -0.198. The molecule has 0 heterocycles. The van der Waals surface area contributed by atoms with E-state index < -0.39 is 0 Å². The molecule has 0 saturated carbocycles. The maximum absolute atomic E-state index is 2.58. The minimum Gasteiger partial charge on any atom is -0.310 e. The summed E-state index contributed by atoms with van der Waals surface area (Å²) in [6.45, 7) is 4.81. The van der Waals surface area contributed by atoms with E-state index in [0.717, 1.165) is 35.6 Å². The smallest absolute Gasteiger partial charge is 0.0616 e. The van der Waals surface area contributed by atoms with E-state index in [1.54, 1.807) is 0 Å². The second kappa shape index (κ2) is 14.6. The van der Waals surface area contributed by atoms with Crippen LogP contribution in [0.25, 0.3) is 71.1 Å². The van der Waals surface area contributed by atoms with Gasteiger partial charge in [-0.15, -0.1) is 0 Å². The lowest BCUT2D eigenvalue weighted by Gasteiger charge is -2.36. The number of rotatable bonds is 6. The van der Waals surface area contributed by atoms with E-state index in [0.29, 0.717) is 0 Å². The Morgan fingerprint density at radius 2 is 0.785 bits per heavy atom. The van der Waals surface area contributed by atoms with Crippen molar-refractivity contribution in [1.82, 2.24) is 0 Å². The van der Waals surface area contributed by atoms with Gasteiger partial charge >= 0.3 is 0 Å². The van der Waals surface area contributed by atoms with E-state index in [4.69, 9.17) is 0 Å². The number of anilines is 6. The van der Waals surface area contributed by atoms with Crippen LogP contribution in [0.4, 0.5) is 34.1 Å². The van der Waals surface area contributed by atoms with Crippen LogP contribution >= 0.6 is 0 Å². The third-order valence-corrected chi connectivity index (χ3v) is 14.4. The van der Waals surface area contributed by atoms with Crippen LogP contribution in [0.2, 0.25) is 0 Å². The van der Waals surface area contributed by atoms with Crippen LogP contribution in [0.1, 0.15) is 42.5 Å². The number of benzene rings is 11. The molecular formula is C63H46N2. The third-order valence-electron chi connectivity index (χ3n) is 14.4. The molecule has 0 amide bonds. The summed E-state index contributed by atoms with van der Waals surface area (Å²) in [6, 6.07) is 77.2. The van der Waals surface area contributed by atoms with Crippen molar-refractivity contribution < 1.29 is 0 Å². The number of hydrogen-bond acceptors (Lipinski definition) is 2. The molecule has 13 rings (SSSR count). The summed E-state index contributed by atoms with van der Waals surface area (Å²) in [6.07, 6.45) is 6.69. The Balaban J connectivity index is 1.20. The molecule has 308 valence electrons. The lowest BCUT2D eigenvalue weighted by molar-refractivity contribution is 0.661. The van der Waals surface area contributed by atoms with Gasteiger partial charge in [0.05, 0.1) is 11.4 Å². The van der Waals surface area contributed by atoms with Crippen molar-refractivity contribution in [2.75, 3.05) is 9.80 Å². The van der Waals surface area contributed by atoms with E-state index >= 15 is 0 Å². The molecule has 0 unspecified atom stereocenters. The molecule has 2 aliphatic rings. The van der Waals surface area contributed by atoms with Crippen LogP contribution in [0, 0.1) is 0 Å². The van der Waals surface area contributed by atoms with Crippen molar-refractivity contribution >= 4 is 94.1 Å². The summed E-state index contributed by atoms with van der Waals surface area (Å²) < 4.78 is 0. The van der Waals surface area contributed by atoms with Crippen molar-refractivity contribution in [3.05, 3.63) is 235 Å². The van der Waals surface area contributed by atoms with Crippen molar-refractivity contribution in [3.63, 3.8) is 0 Å². The Kier molecular flexibility index (Phi) is 8.42. The van der Waals surface area contributed by atoms with Crippen molar-refractivity contribution in [1.29, 1.82) is 0 Å². The SMILES string of the molecule is CC1(C)c2ccccc2-c2cc3c(N(c4ccc5ccccc5c4)c4ccc5ccccc5c4)c4c(c(N(c5ccc6ccccc6c5)c5ccc6ccccc6c5)c3cc21)C=CCC4. The average Bonchev–Trinajstić information content (AvgIpc) is 3.58. The zero-order chi connectivity index (χ0) is 43.2. The van der Waals surface area contributed by atoms with Crippen LogP contribution in [0.3, 0.4) is 0 Å². The third kappa shape index (κ3) is 5.94. The number of allylic oxidation sites excluding steroid dienone is 1. The molecule has 0 fully saturated rings. The second-order valence-corrected chi connectivity index (χ2v) is 18.4. The highest BCUT2D eigenvalue weighted by atomic mass is 15.2. The molecule has 65 heavy (non-hydrogen) atoms. The van der Waals surface area contributed by atoms with Crippen molar-refractivity contribution in [2.45, 2.75) is 32.1 Å². The summed E-state index contributed by atoms with van der Waals surface area (Å²) in [5.41, 5.74) is 14.8. The highest BCUT2D eigenvalue weighted by Gasteiger charge is 2.38. The van der Waals surface area contributed by atoms with Crippen LogP contribution in [0.15, 0.2) is 212 Å². The number of nitrogens with zero attached hydrogens (tertiary/aromatic N) is 2. The van der Waals surface area contributed by atoms with Gasteiger partial charge in [-0.3, -0.25) is 0 Å². The van der Waals surface area contributed by atoms with Gasteiger partial charge in [0, 0.05) is 44.5 Å². The van der Waals surface area contributed by atoms with Crippen LogP contribution in [-0.2, 0) is 11.8 Å². The molecule has 0 bridgehead atoms. The lowest BCUT2D eigenvalue weighted by atomic mass is 9.80. The molecule has 2 nitrogen and oxygen atoms in total. The first-order chi connectivity index (χ1) is 32.0. The zero-order valence-electron chi connectivity index (χ0n) is 36.6. The summed E-state index contributed by atoms with van der Waals surface area (Å²) in [5, 5.41) is 12.3. The quantitative estimate of drug-likeness (QED) is 0.154. The fourth-order valence-electron chi connectivity index (χ4n) is 11.2. The van der Waals surface area contributed by atoms with Gasteiger partial charge < -0.3 is 9.80 Å². The summed E-state index contributed by atoms with van der Waals surface area (Å²) in [7, 11) is 0. The van der Waals surface area contributed by atoms with E-state index in [1.807, 2.05) is 0 Å². The Morgan fingerprint density at radius 1 is 0.369 bits per heavy atom. The van der Waals surface area contributed by atoms with Gasteiger partial charge in [-0.2, -0.15) is 0 Å². The molecule has 11 aromatic carbocycles. The molecule has 0 spiro atoms. The fraction of sp³-hybridized carbons (Fsp3) is 0.0794. The molecule has 2 aliphatic carbocycles. The maximum atomic E-state index is 2.58. The van der Waals surface area contributed by atoms with E-state index in [9.17, 15) is 0 Å². The normalized spacial score (nSPS) is 13.6. The van der Waals surface area contributed by atoms with Gasteiger partial charge in [-0.05, 0) is 144 Å². The molecule has 11 aromatic rings. The number of fused-ring (bicyclic) bond motifs is 9. The maximum Gasteiger partial charge on any atom is 0.0616 e. The van der Waals surface area contributed by atoms with Gasteiger partial charge in [-0.25, -0.2) is 0 Å². The van der Waals surface area contributed by atoms with Gasteiger partial charge in [-0.1, -0.05) is 172 Å². The first-order valence-corrected chi connectivity index (χ1v) is 23.0. The number of hydrogen-bond donors (Lipinski definition) is 0. The molecule has 0 saturated heterocycles. The van der Waals surface area contributed by atoms with Gasteiger partial charge in [0.2, 0.25) is 0 Å². The van der Waals surface area contributed by atoms with Crippen molar-refractivity contribution in [3.8, 4) is 11.1 Å². The molecule has 2 heteroatoms. The standard InChI is InChI=1S/C63H46N2/c1-63(2)59-26-14-13-23-53(59)56-39-57-58(40-60(56)63)62(65(51-33-29-43-17-5-9-21-47(43)37-51)52-34-30-44-18-6-10-22-48(44)38-52)55-25-12-11-24-54(55)61(57)64(49-31-27-41-15-3-7-19-45(41)35-49)50-32-28-42-16-4-8-20-46(42)36-50/h3-10,12-23,25-40H,11,24H2,1-2H3. The largest absolute Gasteiger partial charge is 0.310 e. The predicted octanol–water partition coefficient (Wildman–Crippen LogP) is 17.7. The van der Waals surface area contributed by atoms with E-state index in [-0.39, 0.29) is 5.41 Å². The van der Waals surface area contributed by atoms with Crippen LogP contribution in [-0.4, -0.2) is 0 Å². The molecule has 0 aliphatic heterocycles. The van der Waals surface area contributed by atoms with E-state index in [1.165, 1.54) is 98.6 Å². The first kappa shape index (κ1) is 37.6. The topological polar surface area (TPSA) is 6.48 Å². The summed E-state index contributed by atoms with van der Waals surface area (Å²) in [4.78, 5) is 5.15. The highest BCUT2D eigenvalue weighted by Crippen LogP contribution is 2.57. The second-order valence-electron chi connectivity index (χ2n) is 18.4. The molecule has 0 aromatic heterocycles. The predicted molar refractivity (Wildman–Crippen MR) is 278 cm³/mol. The Morgan fingerprint density at radius 3 is 1.28 bits per heavy atom. The Hall–Kier alpha value is -7.94. The minimum absolute atomic E-state index is 0.198. The monoisotopic (exact) mass is 830 g/mol. The summed E-state index contributed by atoms with van der Waals surface area (Å²) >= 11 is 0. The van der Waals surface area contributed by atoms with E-state index in [2.05, 4.69) is 242 Å². The van der Waals surface area contributed by atoms with Crippen LogP contribution < -0.4 is 9.80 Å². The van der Waals surface area contributed by atoms with Gasteiger partial charge in [0.15, 0.2) is 0 Å². The van der Waals surface area contributed by atoms with Gasteiger partial charge in [0.25, 0.3) is 0 Å². The highest BCUT2D eigenvalue weighted by molar-refractivity contribution is 6.15. The Labute approximate surface area is 379 Å². The molecule has 0 N–H and O–H groups in total. The van der Waals surface area contributed by atoms with Crippen LogP contribution in [0.5, 0.6) is 0 Å². The Bertz CT molecular complexity index is 3620. The fourth-order valence-corrected chi connectivity index (χ4v) is 11.2. The molecule has 0 radical (unpaired) electrons. The first-order valence-electron chi connectivity index (χ1n) is 23.0. The lowest BCUT2D eigenvalue weighted by Crippen LogP contribution is -2.19. The molecular weight excluding hydrogens is 785 g/mol. The van der Waals surface area contributed by atoms with Gasteiger partial charge in [0.1, 0.15) is 0 Å². The average molecular weight is 831 g/mol. The zero-order valence-corrected chi connectivity index (χ0v) is 36.6. The summed E-state index contributed by atoms with van der Waals surface area (Å²) in [5.74, 6) is 0. The van der Waals surface area contributed by atoms with Crippen molar-refractivity contribution in [2.24, 2.45) is 0 Å².